The predicted octanol–water partition coefficient (Wildman–Crippen LogP) is 3.11. The lowest BCUT2D eigenvalue weighted by Gasteiger charge is -2.31. The maximum Gasteiger partial charge on any atom is 0.391 e. The zero-order valence-electron chi connectivity index (χ0n) is 15.6. The van der Waals surface area contributed by atoms with Crippen LogP contribution in [0.3, 0.4) is 0 Å². The maximum atomic E-state index is 12.9. The van der Waals surface area contributed by atoms with Crippen molar-refractivity contribution in [3.8, 4) is 0 Å². The van der Waals surface area contributed by atoms with Gasteiger partial charge in [-0.25, -0.2) is 0 Å². The number of hydrogen-bond donors (Lipinski definition) is 2. The van der Waals surface area contributed by atoms with Crippen LogP contribution >= 0.6 is 0 Å². The summed E-state index contributed by atoms with van der Waals surface area (Å²) in [7, 11) is 1.64. The van der Waals surface area contributed by atoms with Gasteiger partial charge in [0.15, 0.2) is 5.96 Å². The third-order valence-electron chi connectivity index (χ3n) is 5.15. The molecule has 0 aromatic heterocycles. The lowest BCUT2D eigenvalue weighted by Crippen LogP contribution is -2.47. The van der Waals surface area contributed by atoms with Crippen LogP contribution in [0.25, 0.3) is 0 Å². The Morgan fingerprint density at radius 1 is 1.19 bits per heavy atom. The molecule has 2 N–H and O–H groups in total. The average Bonchev–Trinajstić information content (AvgIpc) is 2.64. The highest BCUT2D eigenvalue weighted by atomic mass is 19.4. The van der Waals surface area contributed by atoms with Crippen LogP contribution in [-0.2, 0) is 9.47 Å². The lowest BCUT2D eigenvalue weighted by molar-refractivity contribution is -0.183. The lowest BCUT2D eigenvalue weighted by atomic mass is 9.85. The van der Waals surface area contributed by atoms with Crippen LogP contribution in [0.1, 0.15) is 44.9 Å². The van der Waals surface area contributed by atoms with E-state index in [1.54, 1.807) is 7.05 Å². The predicted molar refractivity (Wildman–Crippen MR) is 95.3 cm³/mol. The van der Waals surface area contributed by atoms with Gasteiger partial charge in [0.2, 0.25) is 0 Å². The molecule has 2 aliphatic rings. The van der Waals surface area contributed by atoms with Crippen molar-refractivity contribution in [2.24, 2.45) is 16.8 Å². The van der Waals surface area contributed by atoms with Gasteiger partial charge in [-0.3, -0.25) is 4.99 Å². The number of nitrogens with one attached hydrogen (secondary N) is 2. The van der Waals surface area contributed by atoms with Gasteiger partial charge in [0.05, 0.1) is 5.92 Å². The second-order valence-corrected chi connectivity index (χ2v) is 7.23. The first-order valence-electron chi connectivity index (χ1n) is 9.68. The average molecular weight is 379 g/mol. The van der Waals surface area contributed by atoms with Crippen molar-refractivity contribution in [3.63, 3.8) is 0 Å². The Bertz CT molecular complexity index is 426. The zero-order valence-corrected chi connectivity index (χ0v) is 15.6. The summed E-state index contributed by atoms with van der Waals surface area (Å²) in [6.45, 7) is 3.78. The summed E-state index contributed by atoms with van der Waals surface area (Å²) < 4.78 is 49.7. The summed E-state index contributed by atoms with van der Waals surface area (Å²) >= 11 is 0. The molecule has 5 nitrogen and oxygen atoms in total. The molecule has 26 heavy (non-hydrogen) atoms. The molecule has 2 atom stereocenters. The largest absolute Gasteiger partial charge is 0.391 e. The standard InChI is InChI=1S/C18H32F3N3O2/c1-22-17(24-16-5-2-4-15(12-16)18(19,20)21)23-8-3-9-26-13-14-6-10-25-11-7-14/h14-16H,2-13H2,1H3,(H2,22,23,24). The van der Waals surface area contributed by atoms with Gasteiger partial charge in [-0.15, -0.1) is 0 Å². The van der Waals surface area contributed by atoms with E-state index in [0.717, 1.165) is 45.5 Å². The second-order valence-electron chi connectivity index (χ2n) is 7.23. The van der Waals surface area contributed by atoms with Crippen LogP contribution < -0.4 is 10.6 Å². The molecule has 0 radical (unpaired) electrons. The van der Waals surface area contributed by atoms with Gasteiger partial charge >= 0.3 is 6.18 Å². The number of rotatable bonds is 7. The number of nitrogens with zero attached hydrogens (tertiary/aromatic N) is 1. The van der Waals surface area contributed by atoms with Gasteiger partial charge in [0.1, 0.15) is 0 Å². The van der Waals surface area contributed by atoms with E-state index in [-0.39, 0.29) is 18.9 Å². The van der Waals surface area contributed by atoms with Gasteiger partial charge in [0.25, 0.3) is 0 Å². The van der Waals surface area contributed by atoms with E-state index in [1.807, 2.05) is 0 Å². The summed E-state index contributed by atoms with van der Waals surface area (Å²) in [5.74, 6) is -0.0354. The first kappa shape index (κ1) is 21.3. The van der Waals surface area contributed by atoms with Crippen LogP contribution in [0.5, 0.6) is 0 Å². The fourth-order valence-corrected chi connectivity index (χ4v) is 3.55. The number of aliphatic imine (C=N–C) groups is 1. The van der Waals surface area contributed by atoms with E-state index in [2.05, 4.69) is 15.6 Å². The Kier molecular flexibility index (Phi) is 8.98. The van der Waals surface area contributed by atoms with Crippen LogP contribution in [0.2, 0.25) is 0 Å². The fourth-order valence-electron chi connectivity index (χ4n) is 3.55. The van der Waals surface area contributed by atoms with E-state index in [4.69, 9.17) is 9.47 Å². The first-order chi connectivity index (χ1) is 12.5. The smallest absolute Gasteiger partial charge is 0.381 e. The molecular weight excluding hydrogens is 347 g/mol. The van der Waals surface area contributed by atoms with Crippen LogP contribution in [0.4, 0.5) is 13.2 Å². The van der Waals surface area contributed by atoms with Crippen molar-refractivity contribution < 1.29 is 22.6 Å². The zero-order chi connectivity index (χ0) is 18.8. The molecule has 0 spiro atoms. The van der Waals surface area contributed by atoms with Gasteiger partial charge in [-0.2, -0.15) is 13.2 Å². The third-order valence-corrected chi connectivity index (χ3v) is 5.15. The Balaban J connectivity index is 1.57. The molecule has 2 rings (SSSR count). The molecule has 2 fully saturated rings. The Hall–Kier alpha value is -1.02. The third kappa shape index (κ3) is 7.70. The summed E-state index contributed by atoms with van der Waals surface area (Å²) in [5, 5.41) is 6.30. The molecule has 8 heteroatoms. The molecule has 1 aliphatic carbocycles. The van der Waals surface area contributed by atoms with Crippen molar-refractivity contribution in [1.29, 1.82) is 0 Å². The normalized spacial score (nSPS) is 25.9. The molecule has 1 saturated carbocycles. The summed E-state index contributed by atoms with van der Waals surface area (Å²) in [4.78, 5) is 4.12. The summed E-state index contributed by atoms with van der Waals surface area (Å²) in [6.07, 6.45) is 0.570. The Morgan fingerprint density at radius 3 is 2.65 bits per heavy atom. The number of hydrogen-bond acceptors (Lipinski definition) is 3. The van der Waals surface area contributed by atoms with Gasteiger partial charge in [-0.05, 0) is 44.4 Å². The molecule has 2 unspecified atom stereocenters. The van der Waals surface area contributed by atoms with Crippen molar-refractivity contribution in [2.75, 3.05) is 40.0 Å². The van der Waals surface area contributed by atoms with E-state index in [0.29, 0.717) is 31.4 Å². The van der Waals surface area contributed by atoms with E-state index in [9.17, 15) is 13.2 Å². The Labute approximate surface area is 154 Å². The molecule has 0 aromatic rings. The maximum absolute atomic E-state index is 12.9. The highest BCUT2D eigenvalue weighted by Crippen LogP contribution is 2.37. The van der Waals surface area contributed by atoms with E-state index >= 15 is 0 Å². The molecule has 0 bridgehead atoms. The monoisotopic (exact) mass is 379 g/mol. The number of halogens is 3. The summed E-state index contributed by atoms with van der Waals surface area (Å²) in [6, 6.07) is -0.175. The molecule has 1 heterocycles. The second kappa shape index (κ2) is 11.0. The first-order valence-corrected chi connectivity index (χ1v) is 9.68. The van der Waals surface area contributed by atoms with Crippen molar-refractivity contribution in [3.05, 3.63) is 0 Å². The quantitative estimate of drug-likeness (QED) is 0.405. The number of alkyl halides is 3. The van der Waals surface area contributed by atoms with Gasteiger partial charge in [0, 0.05) is 46.1 Å². The van der Waals surface area contributed by atoms with Crippen molar-refractivity contribution in [2.45, 2.75) is 57.2 Å². The highest BCUT2D eigenvalue weighted by Gasteiger charge is 2.42. The van der Waals surface area contributed by atoms with Crippen molar-refractivity contribution >= 4 is 5.96 Å². The minimum Gasteiger partial charge on any atom is -0.381 e. The van der Waals surface area contributed by atoms with Crippen LogP contribution in [-0.4, -0.2) is 58.2 Å². The van der Waals surface area contributed by atoms with Crippen molar-refractivity contribution in [1.82, 2.24) is 10.6 Å². The molecular formula is C18H32F3N3O2. The number of guanidine groups is 1. The van der Waals surface area contributed by atoms with Gasteiger partial charge < -0.3 is 20.1 Å². The molecule has 0 amide bonds. The van der Waals surface area contributed by atoms with Gasteiger partial charge in [-0.1, -0.05) is 6.42 Å². The van der Waals surface area contributed by atoms with E-state index < -0.39 is 12.1 Å². The molecule has 1 saturated heterocycles. The SMILES string of the molecule is CN=C(NCCCOCC1CCOCC1)NC1CCCC(C(F)(F)F)C1. The molecule has 0 aromatic carbocycles. The van der Waals surface area contributed by atoms with E-state index in [1.165, 1.54) is 0 Å². The summed E-state index contributed by atoms with van der Waals surface area (Å²) in [5.41, 5.74) is 0. The molecule has 1 aliphatic heterocycles. The minimum atomic E-state index is -4.10. The molecule has 152 valence electrons. The topological polar surface area (TPSA) is 54.9 Å². The van der Waals surface area contributed by atoms with Crippen LogP contribution in [0, 0.1) is 11.8 Å². The number of ether oxygens (including phenoxy) is 2. The fraction of sp³-hybridized carbons (Fsp3) is 0.944. The minimum absolute atomic E-state index is 0.123. The Morgan fingerprint density at radius 2 is 1.96 bits per heavy atom. The van der Waals surface area contributed by atoms with Crippen LogP contribution in [0.15, 0.2) is 4.99 Å². The highest BCUT2D eigenvalue weighted by molar-refractivity contribution is 5.79.